The van der Waals surface area contributed by atoms with Gasteiger partial charge in [0.1, 0.15) is 16.5 Å². The Hall–Kier alpha value is -3.18. The van der Waals surface area contributed by atoms with Crippen LogP contribution in [0, 0.1) is 11.6 Å². The van der Waals surface area contributed by atoms with E-state index in [1.54, 1.807) is 36.5 Å². The molecule has 4 aromatic rings. The van der Waals surface area contributed by atoms with E-state index in [1.165, 1.54) is 41.7 Å². The van der Waals surface area contributed by atoms with Crippen LogP contribution in [0.5, 0.6) is 0 Å². The van der Waals surface area contributed by atoms with Crippen LogP contribution in [0.3, 0.4) is 0 Å². The third-order valence-electron chi connectivity index (χ3n) is 4.12. The largest absolute Gasteiger partial charge is 0.288 e. The molecule has 0 amide bonds. The third kappa shape index (κ3) is 3.55. The molecule has 0 unspecified atom stereocenters. The van der Waals surface area contributed by atoms with Crippen molar-refractivity contribution in [3.05, 3.63) is 95.0 Å². The fourth-order valence-corrected chi connectivity index (χ4v) is 3.92. The molecular weight excluding hydrogens is 364 g/mol. The zero-order valence-corrected chi connectivity index (χ0v) is 14.8. The van der Waals surface area contributed by atoms with Crippen LogP contribution in [0.1, 0.15) is 15.2 Å². The van der Waals surface area contributed by atoms with E-state index < -0.39 is 0 Å². The Labute approximate surface area is 158 Å². The summed E-state index contributed by atoms with van der Waals surface area (Å²) >= 11 is 1.30. The van der Waals surface area contributed by atoms with E-state index in [1.807, 2.05) is 12.1 Å². The topological polar surface area (TPSA) is 30.0 Å². The molecule has 2 aromatic heterocycles. The smallest absolute Gasteiger partial charge is 0.196 e. The standard InChI is InChI=1S/C22H13F2NOS/c23-16-8-3-14(4-9-16)5-12-19(26)21-20(15-6-10-17(24)11-7-15)18-2-1-13-25-22(18)27-21/h1-13H. The second-order valence-electron chi connectivity index (χ2n) is 5.92. The van der Waals surface area contributed by atoms with Gasteiger partial charge in [0.05, 0.1) is 4.88 Å². The van der Waals surface area contributed by atoms with Crippen molar-refractivity contribution in [3.63, 3.8) is 0 Å². The van der Waals surface area contributed by atoms with Crippen LogP contribution >= 0.6 is 11.3 Å². The van der Waals surface area contributed by atoms with E-state index >= 15 is 0 Å². The zero-order valence-electron chi connectivity index (χ0n) is 14.0. The third-order valence-corrected chi connectivity index (χ3v) is 5.25. The quantitative estimate of drug-likeness (QED) is 0.316. The number of halogens is 2. The summed E-state index contributed by atoms with van der Waals surface area (Å²) in [6.45, 7) is 0. The van der Waals surface area contributed by atoms with Gasteiger partial charge in [-0.15, -0.1) is 11.3 Å². The van der Waals surface area contributed by atoms with Gasteiger partial charge in [-0.25, -0.2) is 13.8 Å². The van der Waals surface area contributed by atoms with Gasteiger partial charge in [-0.1, -0.05) is 30.3 Å². The highest BCUT2D eigenvalue weighted by molar-refractivity contribution is 7.21. The molecule has 0 saturated carbocycles. The number of carbonyl (C=O) groups is 1. The number of carbonyl (C=O) groups excluding carboxylic acids is 1. The molecule has 2 nitrogen and oxygen atoms in total. The lowest BCUT2D eigenvalue weighted by atomic mass is 10.0. The van der Waals surface area contributed by atoms with Gasteiger partial charge in [0.25, 0.3) is 0 Å². The molecule has 0 saturated heterocycles. The number of pyridine rings is 1. The maximum Gasteiger partial charge on any atom is 0.196 e. The fourth-order valence-electron chi connectivity index (χ4n) is 2.83. The number of hydrogen-bond donors (Lipinski definition) is 0. The monoisotopic (exact) mass is 377 g/mol. The van der Waals surface area contributed by atoms with Crippen molar-refractivity contribution >= 4 is 33.4 Å². The summed E-state index contributed by atoms with van der Waals surface area (Å²) in [4.78, 5) is 18.5. The highest BCUT2D eigenvalue weighted by Gasteiger charge is 2.18. The van der Waals surface area contributed by atoms with Crippen molar-refractivity contribution < 1.29 is 13.6 Å². The summed E-state index contributed by atoms with van der Waals surface area (Å²) in [7, 11) is 0. The van der Waals surface area contributed by atoms with Crippen LogP contribution in [-0.4, -0.2) is 10.8 Å². The highest BCUT2D eigenvalue weighted by atomic mass is 32.1. The average molecular weight is 377 g/mol. The maximum atomic E-state index is 13.3. The molecule has 27 heavy (non-hydrogen) atoms. The average Bonchev–Trinajstić information content (AvgIpc) is 3.08. The van der Waals surface area contributed by atoms with Gasteiger partial charge in [-0.3, -0.25) is 4.79 Å². The lowest BCUT2D eigenvalue weighted by Gasteiger charge is -2.03. The number of hydrogen-bond acceptors (Lipinski definition) is 3. The van der Waals surface area contributed by atoms with E-state index in [0.717, 1.165) is 26.9 Å². The lowest BCUT2D eigenvalue weighted by molar-refractivity contribution is 0.105. The number of nitrogens with zero attached hydrogens (tertiary/aromatic N) is 1. The fraction of sp³-hybridized carbons (Fsp3) is 0. The Kier molecular flexibility index (Phi) is 4.60. The minimum Gasteiger partial charge on any atom is -0.288 e. The number of allylic oxidation sites excluding steroid dienone is 1. The molecule has 2 aromatic carbocycles. The second-order valence-corrected chi connectivity index (χ2v) is 6.92. The first-order chi connectivity index (χ1) is 13.1. The van der Waals surface area contributed by atoms with Gasteiger partial charge in [0.2, 0.25) is 0 Å². The Balaban J connectivity index is 1.78. The van der Waals surface area contributed by atoms with Crippen LogP contribution in [-0.2, 0) is 0 Å². The number of thiophene rings is 1. The molecule has 0 N–H and O–H groups in total. The number of rotatable bonds is 4. The van der Waals surface area contributed by atoms with E-state index in [4.69, 9.17) is 0 Å². The summed E-state index contributed by atoms with van der Waals surface area (Å²) in [5.74, 6) is -0.838. The van der Waals surface area contributed by atoms with E-state index in [2.05, 4.69) is 4.98 Å². The first-order valence-electron chi connectivity index (χ1n) is 8.23. The molecular formula is C22H13F2NOS. The Morgan fingerprint density at radius 3 is 2.30 bits per heavy atom. The normalized spacial score (nSPS) is 11.3. The van der Waals surface area contributed by atoms with Crippen molar-refractivity contribution in [1.82, 2.24) is 4.98 Å². The van der Waals surface area contributed by atoms with Gasteiger partial charge in [-0.2, -0.15) is 0 Å². The number of ketones is 1. The first-order valence-corrected chi connectivity index (χ1v) is 9.05. The molecule has 0 bridgehead atoms. The molecule has 2 heterocycles. The van der Waals surface area contributed by atoms with Crippen molar-refractivity contribution in [2.45, 2.75) is 0 Å². The van der Waals surface area contributed by atoms with Crippen molar-refractivity contribution in [1.29, 1.82) is 0 Å². The summed E-state index contributed by atoms with van der Waals surface area (Å²) < 4.78 is 26.3. The minimum absolute atomic E-state index is 0.179. The molecule has 4 rings (SSSR count). The van der Waals surface area contributed by atoms with E-state index in [9.17, 15) is 13.6 Å². The molecule has 132 valence electrons. The molecule has 0 aliphatic rings. The van der Waals surface area contributed by atoms with Gasteiger partial charge in [0.15, 0.2) is 5.78 Å². The van der Waals surface area contributed by atoms with Gasteiger partial charge in [-0.05, 0) is 53.6 Å². The van der Waals surface area contributed by atoms with Crippen LogP contribution in [0.15, 0.2) is 72.9 Å². The number of aromatic nitrogens is 1. The molecule has 0 spiro atoms. The van der Waals surface area contributed by atoms with E-state index in [0.29, 0.717) is 4.88 Å². The van der Waals surface area contributed by atoms with E-state index in [-0.39, 0.29) is 17.4 Å². The van der Waals surface area contributed by atoms with Gasteiger partial charge in [0, 0.05) is 17.1 Å². The summed E-state index contributed by atoms with van der Waals surface area (Å²) in [5.41, 5.74) is 2.23. The Bertz CT molecular complexity index is 1150. The highest BCUT2D eigenvalue weighted by Crippen LogP contribution is 2.38. The maximum absolute atomic E-state index is 13.3. The zero-order chi connectivity index (χ0) is 18.8. The number of benzene rings is 2. The van der Waals surface area contributed by atoms with Crippen molar-refractivity contribution in [3.8, 4) is 11.1 Å². The van der Waals surface area contributed by atoms with Crippen molar-refractivity contribution in [2.24, 2.45) is 0 Å². The van der Waals surface area contributed by atoms with Crippen LogP contribution in [0.4, 0.5) is 8.78 Å². The van der Waals surface area contributed by atoms with Crippen LogP contribution in [0.25, 0.3) is 27.4 Å². The molecule has 0 aliphatic carbocycles. The molecule has 0 fully saturated rings. The Morgan fingerprint density at radius 2 is 1.59 bits per heavy atom. The SMILES string of the molecule is O=C(C=Cc1ccc(F)cc1)c1sc2ncccc2c1-c1ccc(F)cc1. The predicted molar refractivity (Wildman–Crippen MR) is 105 cm³/mol. The second kappa shape index (κ2) is 7.21. The van der Waals surface area contributed by atoms with Crippen LogP contribution < -0.4 is 0 Å². The summed E-state index contributed by atoms with van der Waals surface area (Å²) in [6, 6.07) is 15.7. The number of fused-ring (bicyclic) bond motifs is 1. The summed E-state index contributed by atoms with van der Waals surface area (Å²) in [6.07, 6.45) is 4.79. The molecule has 0 atom stereocenters. The van der Waals surface area contributed by atoms with Gasteiger partial charge >= 0.3 is 0 Å². The minimum atomic E-state index is -0.333. The predicted octanol–water partition coefficient (Wildman–Crippen LogP) is 6.14. The molecule has 0 aliphatic heterocycles. The van der Waals surface area contributed by atoms with Gasteiger partial charge < -0.3 is 0 Å². The summed E-state index contributed by atoms with van der Waals surface area (Å²) in [5, 5.41) is 0.854. The van der Waals surface area contributed by atoms with Crippen molar-refractivity contribution in [2.75, 3.05) is 0 Å². The molecule has 5 heteroatoms. The first kappa shape index (κ1) is 17.2. The molecule has 0 radical (unpaired) electrons. The Morgan fingerprint density at radius 1 is 0.926 bits per heavy atom. The lowest BCUT2D eigenvalue weighted by Crippen LogP contribution is -1.93. The van der Waals surface area contributed by atoms with Crippen LogP contribution in [0.2, 0.25) is 0 Å².